The number of hydrogen-bond donors (Lipinski definition) is 1. The summed E-state index contributed by atoms with van der Waals surface area (Å²) in [7, 11) is -3.63. The molecule has 1 aliphatic heterocycles. The first-order chi connectivity index (χ1) is 6.48. The average molecular weight is 278 g/mol. The molecule has 0 radical (unpaired) electrons. The lowest BCUT2D eigenvalue weighted by molar-refractivity contribution is 0.436. The summed E-state index contributed by atoms with van der Waals surface area (Å²) in [4.78, 5) is 0. The molecule has 1 aromatic rings. The van der Waals surface area contributed by atoms with Crippen molar-refractivity contribution >= 4 is 26.2 Å². The summed E-state index contributed by atoms with van der Waals surface area (Å²) in [6.45, 7) is 1.77. The zero-order valence-corrected chi connectivity index (χ0v) is 9.72. The Morgan fingerprint density at radius 1 is 1.50 bits per heavy atom. The lowest BCUT2D eigenvalue weighted by atomic mass is 10.1. The molecule has 0 fully saturated rings. The van der Waals surface area contributed by atoms with E-state index in [1.54, 1.807) is 13.0 Å². The normalized spacial score (nSPS) is 23.7. The van der Waals surface area contributed by atoms with Crippen LogP contribution in [-0.2, 0) is 10.3 Å². The number of hydrogen-bond acceptors (Lipinski definition) is 3. The van der Waals surface area contributed by atoms with Gasteiger partial charge in [-0.1, -0.05) is 22.0 Å². The molecule has 1 atom stereocenters. The molecule has 6 heteroatoms. The minimum atomic E-state index is -3.63. The molecule has 14 heavy (non-hydrogen) atoms. The maximum atomic E-state index is 11.2. The van der Waals surface area contributed by atoms with Gasteiger partial charge in [0.1, 0.15) is 5.75 Å². The zero-order chi connectivity index (χ0) is 10.3. The van der Waals surface area contributed by atoms with Crippen LogP contribution in [-0.4, -0.2) is 8.42 Å². The minimum absolute atomic E-state index is 0.253. The van der Waals surface area contributed by atoms with Crippen LogP contribution in [0.2, 0.25) is 0 Å². The molecule has 1 aromatic carbocycles. The van der Waals surface area contributed by atoms with Crippen molar-refractivity contribution in [2.45, 2.75) is 13.0 Å². The quantitative estimate of drug-likeness (QED) is 0.786. The second kappa shape index (κ2) is 3.22. The van der Waals surface area contributed by atoms with Gasteiger partial charge in [-0.25, -0.2) is 0 Å². The van der Waals surface area contributed by atoms with Gasteiger partial charge in [-0.3, -0.25) is 0 Å². The molecule has 0 amide bonds. The Balaban J connectivity index is 2.56. The Morgan fingerprint density at radius 2 is 2.21 bits per heavy atom. The highest BCUT2D eigenvalue weighted by atomic mass is 79.9. The smallest absolute Gasteiger partial charge is 0.370 e. The van der Waals surface area contributed by atoms with E-state index in [1.807, 2.05) is 12.1 Å². The van der Waals surface area contributed by atoms with Crippen molar-refractivity contribution < 1.29 is 12.6 Å². The van der Waals surface area contributed by atoms with Gasteiger partial charge < -0.3 is 4.18 Å². The van der Waals surface area contributed by atoms with Crippen molar-refractivity contribution in [3.8, 4) is 5.75 Å². The maximum Gasteiger partial charge on any atom is 0.383 e. The van der Waals surface area contributed by atoms with Crippen LogP contribution >= 0.6 is 15.9 Å². The van der Waals surface area contributed by atoms with E-state index in [2.05, 4.69) is 20.7 Å². The summed E-state index contributed by atoms with van der Waals surface area (Å²) >= 11 is 3.25. The molecule has 0 aliphatic carbocycles. The predicted molar refractivity (Wildman–Crippen MR) is 55.2 cm³/mol. The minimum Gasteiger partial charge on any atom is -0.370 e. The fraction of sp³-hybridized carbons (Fsp3) is 0.250. The van der Waals surface area contributed by atoms with Crippen molar-refractivity contribution in [3.05, 3.63) is 28.2 Å². The summed E-state index contributed by atoms with van der Waals surface area (Å²) < 4.78 is 30.3. The number of halogens is 1. The van der Waals surface area contributed by atoms with Gasteiger partial charge in [0, 0.05) is 10.0 Å². The first kappa shape index (κ1) is 9.95. The second-order valence-electron chi connectivity index (χ2n) is 3.06. The molecule has 0 saturated heterocycles. The Hall–Kier alpha value is -0.590. The molecular weight excluding hydrogens is 270 g/mol. The molecule has 1 aliphatic rings. The van der Waals surface area contributed by atoms with Gasteiger partial charge in [0.2, 0.25) is 0 Å². The standard InChI is InChI=1S/C8H8BrNO3S/c1-5-7-3-2-6(9)4-8(7)13-14(11,12)10-5/h2-5,10H,1H3. The Bertz CT molecular complexity index is 471. The topological polar surface area (TPSA) is 55.4 Å². The third-order valence-corrected chi connectivity index (χ3v) is 3.50. The second-order valence-corrected chi connectivity index (χ2v) is 5.29. The average Bonchev–Trinajstić information content (AvgIpc) is 2.00. The van der Waals surface area contributed by atoms with Crippen LogP contribution in [0.1, 0.15) is 18.5 Å². The summed E-state index contributed by atoms with van der Waals surface area (Å²) in [6, 6.07) is 5.06. The van der Waals surface area contributed by atoms with E-state index in [0.717, 1.165) is 10.0 Å². The van der Waals surface area contributed by atoms with Crippen LogP contribution < -0.4 is 8.91 Å². The fourth-order valence-corrected chi connectivity index (χ4v) is 2.69. The molecule has 0 aromatic heterocycles. The molecule has 1 N–H and O–H groups in total. The van der Waals surface area contributed by atoms with Crippen molar-refractivity contribution in [2.75, 3.05) is 0 Å². The Kier molecular flexibility index (Phi) is 2.29. The van der Waals surface area contributed by atoms with Gasteiger partial charge in [-0.15, -0.1) is 0 Å². The van der Waals surface area contributed by atoms with Crippen LogP contribution in [0.3, 0.4) is 0 Å². The summed E-state index contributed by atoms with van der Waals surface area (Å²) in [5.41, 5.74) is 0.836. The van der Waals surface area contributed by atoms with E-state index in [9.17, 15) is 8.42 Å². The molecule has 0 saturated carbocycles. The largest absolute Gasteiger partial charge is 0.383 e. The van der Waals surface area contributed by atoms with E-state index in [0.29, 0.717) is 5.75 Å². The SMILES string of the molecule is CC1NS(=O)(=O)Oc2cc(Br)ccc21. The van der Waals surface area contributed by atoms with Crippen LogP contribution in [0, 0.1) is 0 Å². The monoisotopic (exact) mass is 277 g/mol. The zero-order valence-electron chi connectivity index (χ0n) is 7.32. The van der Waals surface area contributed by atoms with E-state index in [-0.39, 0.29) is 6.04 Å². The number of fused-ring (bicyclic) bond motifs is 1. The van der Waals surface area contributed by atoms with E-state index in [4.69, 9.17) is 4.18 Å². The van der Waals surface area contributed by atoms with Crippen molar-refractivity contribution in [2.24, 2.45) is 0 Å². The number of rotatable bonds is 0. The Labute approximate surface area is 90.7 Å². The van der Waals surface area contributed by atoms with Crippen LogP contribution in [0.15, 0.2) is 22.7 Å². The van der Waals surface area contributed by atoms with Crippen molar-refractivity contribution in [1.29, 1.82) is 0 Å². The summed E-state index contributed by atoms with van der Waals surface area (Å²) in [6.07, 6.45) is 0. The highest BCUT2D eigenvalue weighted by Crippen LogP contribution is 2.32. The number of nitrogens with one attached hydrogen (secondary N) is 1. The highest BCUT2D eigenvalue weighted by Gasteiger charge is 2.27. The number of benzene rings is 1. The van der Waals surface area contributed by atoms with E-state index >= 15 is 0 Å². The third kappa shape index (κ3) is 1.77. The summed E-state index contributed by atoms with van der Waals surface area (Å²) in [5, 5.41) is 0. The van der Waals surface area contributed by atoms with Crippen molar-refractivity contribution in [3.63, 3.8) is 0 Å². The molecule has 0 bridgehead atoms. The van der Waals surface area contributed by atoms with Gasteiger partial charge in [0.05, 0.1) is 6.04 Å². The van der Waals surface area contributed by atoms with E-state index in [1.165, 1.54) is 0 Å². The highest BCUT2D eigenvalue weighted by molar-refractivity contribution is 9.10. The van der Waals surface area contributed by atoms with Crippen LogP contribution in [0.5, 0.6) is 5.75 Å². The van der Waals surface area contributed by atoms with Gasteiger partial charge in [-0.2, -0.15) is 13.1 Å². The van der Waals surface area contributed by atoms with Gasteiger partial charge in [0.15, 0.2) is 0 Å². The van der Waals surface area contributed by atoms with E-state index < -0.39 is 10.3 Å². The molecule has 4 nitrogen and oxygen atoms in total. The third-order valence-electron chi connectivity index (χ3n) is 1.96. The summed E-state index contributed by atoms with van der Waals surface area (Å²) in [5.74, 6) is 0.380. The molecule has 2 rings (SSSR count). The Morgan fingerprint density at radius 3 is 2.93 bits per heavy atom. The molecule has 1 heterocycles. The predicted octanol–water partition coefficient (Wildman–Crippen LogP) is 1.74. The molecular formula is C8H8BrNO3S. The molecule has 0 spiro atoms. The molecule has 1 unspecified atom stereocenters. The van der Waals surface area contributed by atoms with Crippen LogP contribution in [0.25, 0.3) is 0 Å². The maximum absolute atomic E-state index is 11.2. The lowest BCUT2D eigenvalue weighted by Crippen LogP contribution is -2.35. The van der Waals surface area contributed by atoms with Gasteiger partial charge in [0.25, 0.3) is 0 Å². The fourth-order valence-electron chi connectivity index (χ4n) is 1.36. The molecule has 76 valence electrons. The first-order valence-electron chi connectivity index (χ1n) is 3.99. The first-order valence-corrected chi connectivity index (χ1v) is 6.19. The lowest BCUT2D eigenvalue weighted by Gasteiger charge is -2.23. The van der Waals surface area contributed by atoms with Crippen LogP contribution in [0.4, 0.5) is 0 Å². The van der Waals surface area contributed by atoms with Crippen molar-refractivity contribution in [1.82, 2.24) is 4.72 Å². The van der Waals surface area contributed by atoms with Gasteiger partial charge >= 0.3 is 10.3 Å². The van der Waals surface area contributed by atoms with Gasteiger partial charge in [-0.05, 0) is 19.1 Å².